The smallest absolute Gasteiger partial charge is 0.167 e. The molecule has 3 aromatic carbocycles. The standard InChI is InChI=1S/C23H25N3S/c1-24-21(19-13-7-3-8-14-19)22(20-15-9-4-10-16-20)26-23(27)25-17-18-11-5-2-6-12-18/h2-16,21-22,24H,17H2,1H3,(H2,25,26,27)/t21-,22-/m1/s1. The van der Waals surface area contributed by atoms with Crippen molar-refractivity contribution < 1.29 is 0 Å². The molecule has 0 fully saturated rings. The lowest BCUT2D eigenvalue weighted by molar-refractivity contribution is 0.454. The Bertz CT molecular complexity index is 822. The second kappa shape index (κ2) is 9.86. The number of likely N-dealkylation sites (N-methyl/N-ethyl adjacent to an activating group) is 1. The van der Waals surface area contributed by atoms with Gasteiger partial charge in [0.1, 0.15) is 0 Å². The fraction of sp³-hybridized carbons (Fsp3) is 0.174. The molecule has 0 bridgehead atoms. The van der Waals surface area contributed by atoms with Gasteiger partial charge in [0.05, 0.1) is 12.1 Å². The Morgan fingerprint density at radius 1 is 0.741 bits per heavy atom. The lowest BCUT2D eigenvalue weighted by atomic mass is 9.93. The summed E-state index contributed by atoms with van der Waals surface area (Å²) in [6.45, 7) is 0.698. The summed E-state index contributed by atoms with van der Waals surface area (Å²) in [6.07, 6.45) is 0. The van der Waals surface area contributed by atoms with Gasteiger partial charge in [0.15, 0.2) is 5.11 Å². The topological polar surface area (TPSA) is 36.1 Å². The number of rotatable bonds is 7. The van der Waals surface area contributed by atoms with Crippen LogP contribution in [0.15, 0.2) is 91.0 Å². The van der Waals surface area contributed by atoms with Gasteiger partial charge in [-0.25, -0.2) is 0 Å². The SMILES string of the molecule is CN[C@H](c1ccccc1)[C@H](NC(=S)NCc1ccccc1)c1ccccc1. The summed E-state index contributed by atoms with van der Waals surface area (Å²) in [5.41, 5.74) is 3.60. The Balaban J connectivity index is 1.77. The first kappa shape index (κ1) is 19.1. The quantitative estimate of drug-likeness (QED) is 0.537. The van der Waals surface area contributed by atoms with Crippen LogP contribution in [-0.2, 0) is 6.54 Å². The predicted octanol–water partition coefficient (Wildman–Crippen LogP) is 4.35. The Labute approximate surface area is 166 Å². The lowest BCUT2D eigenvalue weighted by Crippen LogP contribution is -2.42. The Morgan fingerprint density at radius 2 is 1.22 bits per heavy atom. The summed E-state index contributed by atoms with van der Waals surface area (Å²) in [5, 5.41) is 10.9. The van der Waals surface area contributed by atoms with E-state index in [4.69, 9.17) is 12.2 Å². The van der Waals surface area contributed by atoms with Crippen molar-refractivity contribution in [2.24, 2.45) is 0 Å². The average Bonchev–Trinajstić information content (AvgIpc) is 2.74. The Hall–Kier alpha value is -2.69. The molecule has 0 aliphatic carbocycles. The van der Waals surface area contributed by atoms with Crippen LogP contribution in [0.4, 0.5) is 0 Å². The van der Waals surface area contributed by atoms with Gasteiger partial charge < -0.3 is 16.0 Å². The van der Waals surface area contributed by atoms with E-state index in [-0.39, 0.29) is 12.1 Å². The van der Waals surface area contributed by atoms with Gasteiger partial charge >= 0.3 is 0 Å². The van der Waals surface area contributed by atoms with E-state index in [1.165, 1.54) is 16.7 Å². The van der Waals surface area contributed by atoms with Crippen LogP contribution in [0.1, 0.15) is 28.8 Å². The zero-order valence-corrected chi connectivity index (χ0v) is 16.2. The summed E-state index contributed by atoms with van der Waals surface area (Å²) in [6, 6.07) is 31.2. The van der Waals surface area contributed by atoms with Gasteiger partial charge in [0.25, 0.3) is 0 Å². The van der Waals surface area contributed by atoms with Crippen LogP contribution >= 0.6 is 12.2 Å². The number of nitrogens with one attached hydrogen (secondary N) is 3. The van der Waals surface area contributed by atoms with Crippen LogP contribution in [-0.4, -0.2) is 12.2 Å². The van der Waals surface area contributed by atoms with Crippen LogP contribution in [0.5, 0.6) is 0 Å². The summed E-state index contributed by atoms with van der Waals surface area (Å²) >= 11 is 5.60. The third-order valence-corrected chi connectivity index (χ3v) is 4.81. The Kier molecular flexibility index (Phi) is 6.97. The van der Waals surface area contributed by atoms with Crippen molar-refractivity contribution in [1.82, 2.24) is 16.0 Å². The maximum absolute atomic E-state index is 5.60. The molecular weight excluding hydrogens is 350 g/mol. The fourth-order valence-corrected chi connectivity index (χ4v) is 3.38. The van der Waals surface area contributed by atoms with Gasteiger partial charge in [-0.3, -0.25) is 0 Å². The van der Waals surface area contributed by atoms with Gasteiger partial charge in [0.2, 0.25) is 0 Å². The van der Waals surface area contributed by atoms with Gasteiger partial charge in [-0.05, 0) is 36.0 Å². The van der Waals surface area contributed by atoms with E-state index in [9.17, 15) is 0 Å². The number of thiocarbonyl (C=S) groups is 1. The molecule has 3 N–H and O–H groups in total. The fourth-order valence-electron chi connectivity index (χ4n) is 3.18. The van der Waals surface area contributed by atoms with E-state index in [1.807, 2.05) is 37.4 Å². The second-order valence-corrected chi connectivity index (χ2v) is 6.79. The van der Waals surface area contributed by atoms with Crippen molar-refractivity contribution in [2.75, 3.05) is 7.05 Å². The van der Waals surface area contributed by atoms with Crippen molar-refractivity contribution in [3.05, 3.63) is 108 Å². The first-order valence-electron chi connectivity index (χ1n) is 9.13. The van der Waals surface area contributed by atoms with Crippen molar-refractivity contribution in [2.45, 2.75) is 18.6 Å². The van der Waals surface area contributed by atoms with Crippen molar-refractivity contribution in [1.29, 1.82) is 0 Å². The molecule has 3 nitrogen and oxygen atoms in total. The molecule has 3 rings (SSSR count). The van der Waals surface area contributed by atoms with Crippen molar-refractivity contribution in [3.63, 3.8) is 0 Å². The number of hydrogen-bond acceptors (Lipinski definition) is 2. The van der Waals surface area contributed by atoms with Crippen LogP contribution in [0.3, 0.4) is 0 Å². The van der Waals surface area contributed by atoms with E-state index in [2.05, 4.69) is 76.6 Å². The van der Waals surface area contributed by atoms with Gasteiger partial charge in [-0.2, -0.15) is 0 Å². The minimum atomic E-state index is 0.00868. The average molecular weight is 376 g/mol. The highest BCUT2D eigenvalue weighted by atomic mass is 32.1. The number of hydrogen-bond donors (Lipinski definition) is 3. The molecule has 0 aromatic heterocycles. The summed E-state index contributed by atoms with van der Waals surface area (Å²) < 4.78 is 0. The first-order valence-corrected chi connectivity index (χ1v) is 9.54. The molecule has 0 aliphatic heterocycles. The third kappa shape index (κ3) is 5.39. The highest BCUT2D eigenvalue weighted by Gasteiger charge is 2.24. The molecule has 0 saturated heterocycles. The first-order chi connectivity index (χ1) is 13.3. The van der Waals surface area contributed by atoms with E-state index < -0.39 is 0 Å². The van der Waals surface area contributed by atoms with E-state index in [0.29, 0.717) is 11.7 Å². The second-order valence-electron chi connectivity index (χ2n) is 6.38. The third-order valence-electron chi connectivity index (χ3n) is 4.54. The van der Waals surface area contributed by atoms with Gasteiger partial charge in [-0.1, -0.05) is 91.0 Å². The minimum absolute atomic E-state index is 0.00868. The van der Waals surface area contributed by atoms with Crippen molar-refractivity contribution in [3.8, 4) is 0 Å². The predicted molar refractivity (Wildman–Crippen MR) is 116 cm³/mol. The highest BCUT2D eigenvalue weighted by Crippen LogP contribution is 2.28. The van der Waals surface area contributed by atoms with Crippen LogP contribution in [0.2, 0.25) is 0 Å². The zero-order chi connectivity index (χ0) is 18.9. The molecule has 0 aliphatic rings. The molecule has 2 atom stereocenters. The van der Waals surface area contributed by atoms with Crippen molar-refractivity contribution >= 4 is 17.3 Å². The molecule has 138 valence electrons. The largest absolute Gasteiger partial charge is 0.359 e. The summed E-state index contributed by atoms with van der Waals surface area (Å²) in [5.74, 6) is 0. The molecule has 27 heavy (non-hydrogen) atoms. The normalized spacial score (nSPS) is 12.8. The Morgan fingerprint density at radius 3 is 1.74 bits per heavy atom. The molecule has 3 aromatic rings. The molecule has 0 heterocycles. The highest BCUT2D eigenvalue weighted by molar-refractivity contribution is 7.80. The molecular formula is C23H25N3S. The minimum Gasteiger partial charge on any atom is -0.359 e. The van der Waals surface area contributed by atoms with Crippen LogP contribution in [0.25, 0.3) is 0 Å². The van der Waals surface area contributed by atoms with Crippen LogP contribution < -0.4 is 16.0 Å². The van der Waals surface area contributed by atoms with E-state index in [1.54, 1.807) is 0 Å². The molecule has 4 heteroatoms. The lowest BCUT2D eigenvalue weighted by Gasteiger charge is -2.30. The zero-order valence-electron chi connectivity index (χ0n) is 15.4. The molecule has 0 spiro atoms. The molecule has 0 amide bonds. The molecule has 0 saturated carbocycles. The maximum atomic E-state index is 5.60. The monoisotopic (exact) mass is 375 g/mol. The van der Waals surface area contributed by atoms with Crippen LogP contribution in [0, 0.1) is 0 Å². The molecule has 0 unspecified atom stereocenters. The van der Waals surface area contributed by atoms with E-state index in [0.717, 1.165) is 0 Å². The summed E-state index contributed by atoms with van der Waals surface area (Å²) in [7, 11) is 1.98. The van der Waals surface area contributed by atoms with Gasteiger partial charge in [0, 0.05) is 6.54 Å². The summed E-state index contributed by atoms with van der Waals surface area (Å²) in [4.78, 5) is 0. The molecule has 0 radical (unpaired) electrons. The van der Waals surface area contributed by atoms with E-state index >= 15 is 0 Å². The maximum Gasteiger partial charge on any atom is 0.167 e. The number of benzene rings is 3. The van der Waals surface area contributed by atoms with Gasteiger partial charge in [-0.15, -0.1) is 0 Å².